The molecule has 2 rings (SSSR count). The highest BCUT2D eigenvalue weighted by Crippen LogP contribution is 2.27. The molecule has 0 spiro atoms. The lowest BCUT2D eigenvalue weighted by Gasteiger charge is -2.23. The molecule has 1 fully saturated rings. The summed E-state index contributed by atoms with van der Waals surface area (Å²) in [7, 11) is 0. The van der Waals surface area contributed by atoms with Crippen LogP contribution in [0.25, 0.3) is 0 Å². The molecule has 1 atom stereocenters. The predicted octanol–water partition coefficient (Wildman–Crippen LogP) is 1.64. The number of nitrogens with two attached hydrogens (primary N) is 1. The number of nitrogens with zero attached hydrogens (tertiary/aromatic N) is 2. The maximum absolute atomic E-state index is 5.56. The summed E-state index contributed by atoms with van der Waals surface area (Å²) in [5, 5.41) is 3.43. The van der Waals surface area contributed by atoms with E-state index in [-0.39, 0.29) is 0 Å². The minimum Gasteiger partial charge on any atom is -0.368 e. The second-order valence-corrected chi connectivity index (χ2v) is 4.32. The molecular formula is C9H13BrN4. The van der Waals surface area contributed by atoms with Crippen LogP contribution in [0.2, 0.25) is 0 Å². The summed E-state index contributed by atoms with van der Waals surface area (Å²) in [5.41, 5.74) is 6.55. The van der Waals surface area contributed by atoms with Crippen molar-refractivity contribution < 1.29 is 0 Å². The van der Waals surface area contributed by atoms with Crippen LogP contribution >= 0.6 is 15.9 Å². The highest BCUT2D eigenvalue weighted by Gasteiger charge is 2.18. The van der Waals surface area contributed by atoms with Crippen LogP contribution in [-0.4, -0.2) is 16.5 Å². The Bertz CT molecular complexity index is 323. The molecule has 1 saturated heterocycles. The molecule has 0 saturated carbocycles. The Kier molecular flexibility index (Phi) is 2.98. The average molecular weight is 257 g/mol. The van der Waals surface area contributed by atoms with E-state index in [9.17, 15) is 0 Å². The largest absolute Gasteiger partial charge is 0.368 e. The summed E-state index contributed by atoms with van der Waals surface area (Å²) >= 11 is 3.45. The van der Waals surface area contributed by atoms with Gasteiger partial charge in [-0.2, -0.15) is 0 Å². The van der Waals surface area contributed by atoms with Crippen LogP contribution in [0.15, 0.2) is 10.7 Å². The Balaban J connectivity index is 2.24. The van der Waals surface area contributed by atoms with Crippen molar-refractivity contribution in [1.29, 1.82) is 0 Å². The molecule has 1 aliphatic rings. The third-order valence-corrected chi connectivity index (χ3v) is 3.04. The lowest BCUT2D eigenvalue weighted by molar-refractivity contribution is 0.404. The fourth-order valence-corrected chi connectivity index (χ4v) is 2.19. The minimum atomic E-state index is 0.323. The van der Waals surface area contributed by atoms with Crippen molar-refractivity contribution in [3.05, 3.63) is 16.4 Å². The number of piperidine rings is 1. The fourth-order valence-electron chi connectivity index (χ4n) is 1.72. The van der Waals surface area contributed by atoms with E-state index in [2.05, 4.69) is 31.2 Å². The number of halogens is 1. The summed E-state index contributed by atoms with van der Waals surface area (Å²) in [5.74, 6) is 0.343. The first-order chi connectivity index (χ1) is 6.77. The van der Waals surface area contributed by atoms with Gasteiger partial charge in [-0.15, -0.1) is 0 Å². The van der Waals surface area contributed by atoms with Gasteiger partial charge < -0.3 is 11.1 Å². The topological polar surface area (TPSA) is 63.8 Å². The zero-order chi connectivity index (χ0) is 9.97. The SMILES string of the molecule is Nc1ncc(Br)c(C2CCCCN2)n1. The number of aromatic nitrogens is 2. The van der Waals surface area contributed by atoms with Crippen molar-refractivity contribution in [1.82, 2.24) is 15.3 Å². The smallest absolute Gasteiger partial charge is 0.220 e. The fraction of sp³-hybridized carbons (Fsp3) is 0.556. The van der Waals surface area contributed by atoms with Gasteiger partial charge in [-0.3, -0.25) is 0 Å². The van der Waals surface area contributed by atoms with Gasteiger partial charge in [0, 0.05) is 6.20 Å². The van der Waals surface area contributed by atoms with Crippen LogP contribution in [0.3, 0.4) is 0 Å². The van der Waals surface area contributed by atoms with Gasteiger partial charge in [-0.25, -0.2) is 9.97 Å². The molecule has 1 aliphatic heterocycles. The number of hydrogen-bond donors (Lipinski definition) is 2. The van der Waals surface area contributed by atoms with Gasteiger partial charge in [0.15, 0.2) is 0 Å². The number of nitrogens with one attached hydrogen (secondary N) is 1. The molecule has 0 radical (unpaired) electrons. The molecule has 4 nitrogen and oxygen atoms in total. The summed E-state index contributed by atoms with van der Waals surface area (Å²) in [6.45, 7) is 1.06. The van der Waals surface area contributed by atoms with E-state index >= 15 is 0 Å². The number of hydrogen-bond acceptors (Lipinski definition) is 4. The van der Waals surface area contributed by atoms with Crippen LogP contribution in [0.4, 0.5) is 5.95 Å². The van der Waals surface area contributed by atoms with Crippen LogP contribution in [0.5, 0.6) is 0 Å². The number of nitrogen functional groups attached to an aromatic ring is 1. The Morgan fingerprint density at radius 2 is 2.36 bits per heavy atom. The lowest BCUT2D eigenvalue weighted by Crippen LogP contribution is -2.28. The molecule has 14 heavy (non-hydrogen) atoms. The Hall–Kier alpha value is -0.680. The molecule has 1 unspecified atom stereocenters. The van der Waals surface area contributed by atoms with Gasteiger partial charge in [-0.1, -0.05) is 6.42 Å². The van der Waals surface area contributed by atoms with E-state index in [1.165, 1.54) is 12.8 Å². The van der Waals surface area contributed by atoms with Gasteiger partial charge >= 0.3 is 0 Å². The molecule has 0 bridgehead atoms. The van der Waals surface area contributed by atoms with E-state index in [1.54, 1.807) is 6.20 Å². The van der Waals surface area contributed by atoms with Crippen molar-refractivity contribution >= 4 is 21.9 Å². The Morgan fingerprint density at radius 1 is 1.50 bits per heavy atom. The highest BCUT2D eigenvalue weighted by atomic mass is 79.9. The van der Waals surface area contributed by atoms with Crippen molar-refractivity contribution in [3.63, 3.8) is 0 Å². The molecule has 1 aromatic rings. The summed E-state index contributed by atoms with van der Waals surface area (Å²) < 4.78 is 0.936. The van der Waals surface area contributed by atoms with Crippen LogP contribution in [0.1, 0.15) is 31.0 Å². The lowest BCUT2D eigenvalue weighted by atomic mass is 10.0. The average Bonchev–Trinajstić information content (AvgIpc) is 2.23. The molecule has 3 N–H and O–H groups in total. The van der Waals surface area contributed by atoms with Gasteiger partial charge in [0.25, 0.3) is 0 Å². The van der Waals surface area contributed by atoms with Crippen molar-refractivity contribution in [2.75, 3.05) is 12.3 Å². The maximum Gasteiger partial charge on any atom is 0.220 e. The van der Waals surface area contributed by atoms with Crippen LogP contribution < -0.4 is 11.1 Å². The molecule has 76 valence electrons. The van der Waals surface area contributed by atoms with Crippen LogP contribution in [0, 0.1) is 0 Å². The Morgan fingerprint density at radius 3 is 3.07 bits per heavy atom. The summed E-state index contributed by atoms with van der Waals surface area (Å²) in [6, 6.07) is 0.323. The van der Waals surface area contributed by atoms with E-state index in [1.807, 2.05) is 0 Å². The molecule has 2 heterocycles. The normalized spacial score (nSPS) is 22.2. The first kappa shape index (κ1) is 9.86. The summed E-state index contributed by atoms with van der Waals surface area (Å²) in [4.78, 5) is 8.18. The second kappa shape index (κ2) is 4.23. The number of anilines is 1. The van der Waals surface area contributed by atoms with Gasteiger partial charge in [0.2, 0.25) is 5.95 Å². The van der Waals surface area contributed by atoms with Crippen molar-refractivity contribution in [2.24, 2.45) is 0 Å². The van der Waals surface area contributed by atoms with Gasteiger partial charge in [0.05, 0.1) is 16.2 Å². The van der Waals surface area contributed by atoms with Crippen LogP contribution in [-0.2, 0) is 0 Å². The first-order valence-electron chi connectivity index (χ1n) is 4.78. The van der Waals surface area contributed by atoms with Crippen molar-refractivity contribution in [2.45, 2.75) is 25.3 Å². The molecule has 0 amide bonds. The quantitative estimate of drug-likeness (QED) is 0.802. The van der Waals surface area contributed by atoms with E-state index in [0.29, 0.717) is 12.0 Å². The monoisotopic (exact) mass is 256 g/mol. The third-order valence-electron chi connectivity index (χ3n) is 2.43. The molecule has 5 heteroatoms. The first-order valence-corrected chi connectivity index (χ1v) is 5.58. The zero-order valence-electron chi connectivity index (χ0n) is 7.83. The van der Waals surface area contributed by atoms with E-state index in [4.69, 9.17) is 5.73 Å². The van der Waals surface area contributed by atoms with Gasteiger partial charge in [0.1, 0.15) is 0 Å². The van der Waals surface area contributed by atoms with E-state index < -0.39 is 0 Å². The Labute approximate surface area is 91.4 Å². The van der Waals surface area contributed by atoms with Gasteiger partial charge in [-0.05, 0) is 35.3 Å². The minimum absolute atomic E-state index is 0.323. The second-order valence-electron chi connectivity index (χ2n) is 3.46. The molecule has 1 aromatic heterocycles. The molecular weight excluding hydrogens is 244 g/mol. The standard InChI is InChI=1S/C9H13BrN4/c10-6-5-13-9(11)14-8(6)7-3-1-2-4-12-7/h5,7,12H,1-4H2,(H2,11,13,14). The predicted molar refractivity (Wildman–Crippen MR) is 58.7 cm³/mol. The maximum atomic E-state index is 5.56. The van der Waals surface area contributed by atoms with E-state index in [0.717, 1.165) is 23.1 Å². The number of rotatable bonds is 1. The molecule has 0 aromatic carbocycles. The highest BCUT2D eigenvalue weighted by molar-refractivity contribution is 9.10. The third kappa shape index (κ3) is 2.04. The molecule has 0 aliphatic carbocycles. The van der Waals surface area contributed by atoms with Crippen molar-refractivity contribution in [3.8, 4) is 0 Å². The zero-order valence-corrected chi connectivity index (χ0v) is 9.42. The summed E-state index contributed by atoms with van der Waals surface area (Å²) in [6.07, 6.45) is 5.33.